The summed E-state index contributed by atoms with van der Waals surface area (Å²) < 4.78 is 8.16. The maximum Gasteiger partial charge on any atom is 0.228 e. The second-order valence-electron chi connectivity index (χ2n) is 7.80. The van der Waals surface area contributed by atoms with Crippen LogP contribution in [0.25, 0.3) is 0 Å². The van der Waals surface area contributed by atoms with Crippen molar-refractivity contribution in [3.05, 3.63) is 35.4 Å². The summed E-state index contributed by atoms with van der Waals surface area (Å²) in [7, 11) is 0. The number of nitrogens with zero attached hydrogens (tertiary/aromatic N) is 5. The van der Waals surface area contributed by atoms with Gasteiger partial charge in [-0.05, 0) is 49.3 Å². The Bertz CT molecular complexity index is 814. The third-order valence-electron chi connectivity index (χ3n) is 5.62. The van der Waals surface area contributed by atoms with Crippen molar-refractivity contribution in [3.63, 3.8) is 0 Å². The Morgan fingerprint density at radius 2 is 1.96 bits per heavy atom. The van der Waals surface area contributed by atoms with Gasteiger partial charge in [-0.15, -0.1) is 10.2 Å². The molecule has 148 valence electrons. The molecule has 3 heterocycles. The topological polar surface area (TPSA) is 67.0 Å². The molecule has 1 atom stereocenters. The van der Waals surface area contributed by atoms with Crippen LogP contribution in [-0.2, 0) is 17.0 Å². The second kappa shape index (κ2) is 8.97. The van der Waals surface area contributed by atoms with E-state index in [-0.39, 0.29) is 6.10 Å². The number of piperidine rings is 1. The highest BCUT2D eigenvalue weighted by Crippen LogP contribution is 2.29. The number of thioether (sulfide) groups is 1. The molecule has 2 aliphatic rings. The van der Waals surface area contributed by atoms with Crippen molar-refractivity contribution in [2.45, 2.75) is 56.2 Å². The van der Waals surface area contributed by atoms with Gasteiger partial charge in [0.05, 0.1) is 24.3 Å². The fraction of sp³-hybridized carbons (Fsp3) is 0.571. The van der Waals surface area contributed by atoms with Gasteiger partial charge in [0.25, 0.3) is 0 Å². The van der Waals surface area contributed by atoms with Crippen LogP contribution in [0.2, 0.25) is 0 Å². The maximum atomic E-state index is 8.96. The summed E-state index contributed by atoms with van der Waals surface area (Å²) in [6.07, 6.45) is 4.92. The molecule has 0 bridgehead atoms. The van der Waals surface area contributed by atoms with Crippen molar-refractivity contribution < 1.29 is 4.74 Å². The molecule has 2 aliphatic heterocycles. The molecular weight excluding hydrogens is 370 g/mol. The minimum Gasteiger partial charge on any atom is -0.376 e. The first-order valence-corrected chi connectivity index (χ1v) is 11.1. The number of hydrogen-bond acceptors (Lipinski definition) is 6. The van der Waals surface area contributed by atoms with E-state index in [0.29, 0.717) is 5.56 Å². The summed E-state index contributed by atoms with van der Waals surface area (Å²) in [5.41, 5.74) is 1.88. The molecule has 0 amide bonds. The van der Waals surface area contributed by atoms with Gasteiger partial charge in [-0.25, -0.2) is 0 Å². The van der Waals surface area contributed by atoms with Crippen molar-refractivity contribution in [1.82, 2.24) is 14.8 Å². The standard InChI is InChI=1S/C21H27N5OS/c1-16-8-10-25(11-9-16)20-23-24-21(26(20)14-19-3-2-12-27-19)28-15-18-6-4-17(13-22)5-7-18/h4-7,16,19H,2-3,8-12,14-15H2,1H3. The van der Waals surface area contributed by atoms with E-state index >= 15 is 0 Å². The van der Waals surface area contributed by atoms with Crippen molar-refractivity contribution in [2.24, 2.45) is 5.92 Å². The number of aromatic nitrogens is 3. The van der Waals surface area contributed by atoms with Crippen LogP contribution in [0.3, 0.4) is 0 Å². The number of rotatable bonds is 6. The van der Waals surface area contributed by atoms with Gasteiger partial charge in [0, 0.05) is 25.4 Å². The molecule has 0 aliphatic carbocycles. The largest absolute Gasteiger partial charge is 0.376 e. The van der Waals surface area contributed by atoms with E-state index in [2.05, 4.69) is 32.7 Å². The maximum absolute atomic E-state index is 8.96. The van der Waals surface area contributed by atoms with Crippen LogP contribution in [0.4, 0.5) is 5.95 Å². The molecule has 1 aromatic carbocycles. The molecule has 2 fully saturated rings. The highest BCUT2D eigenvalue weighted by molar-refractivity contribution is 7.98. The lowest BCUT2D eigenvalue weighted by Crippen LogP contribution is -2.35. The fourth-order valence-electron chi connectivity index (χ4n) is 3.81. The molecule has 1 unspecified atom stereocenters. The van der Waals surface area contributed by atoms with Crippen LogP contribution in [-0.4, -0.2) is 40.6 Å². The summed E-state index contributed by atoms with van der Waals surface area (Å²) in [5, 5.41) is 19.0. The monoisotopic (exact) mass is 397 g/mol. The van der Waals surface area contributed by atoms with Gasteiger partial charge in [-0.2, -0.15) is 5.26 Å². The van der Waals surface area contributed by atoms with Crippen LogP contribution < -0.4 is 4.90 Å². The Labute approximate surface area is 170 Å². The Morgan fingerprint density at radius 1 is 1.18 bits per heavy atom. The summed E-state index contributed by atoms with van der Waals surface area (Å²) in [5.74, 6) is 2.59. The lowest BCUT2D eigenvalue weighted by Gasteiger charge is -2.31. The second-order valence-corrected chi connectivity index (χ2v) is 8.74. The molecule has 0 N–H and O–H groups in total. The highest BCUT2D eigenvalue weighted by Gasteiger charge is 2.25. The molecule has 0 radical (unpaired) electrons. The van der Waals surface area contributed by atoms with E-state index in [1.165, 1.54) is 18.4 Å². The lowest BCUT2D eigenvalue weighted by atomic mass is 10.00. The Kier molecular flexibility index (Phi) is 6.18. The Hall–Kier alpha value is -2.04. The molecule has 1 aromatic heterocycles. The molecule has 7 heteroatoms. The van der Waals surface area contributed by atoms with E-state index in [9.17, 15) is 0 Å². The van der Waals surface area contributed by atoms with E-state index in [1.807, 2.05) is 24.3 Å². The third-order valence-corrected chi connectivity index (χ3v) is 6.66. The lowest BCUT2D eigenvalue weighted by molar-refractivity contribution is 0.0951. The fourth-order valence-corrected chi connectivity index (χ4v) is 4.70. The van der Waals surface area contributed by atoms with E-state index in [0.717, 1.165) is 61.9 Å². The Balaban J connectivity index is 1.50. The van der Waals surface area contributed by atoms with Gasteiger partial charge in [0.1, 0.15) is 0 Å². The van der Waals surface area contributed by atoms with Crippen molar-refractivity contribution in [3.8, 4) is 6.07 Å². The average molecular weight is 398 g/mol. The van der Waals surface area contributed by atoms with Gasteiger partial charge in [-0.3, -0.25) is 4.57 Å². The molecule has 0 spiro atoms. The molecule has 2 aromatic rings. The van der Waals surface area contributed by atoms with E-state index < -0.39 is 0 Å². The van der Waals surface area contributed by atoms with Crippen molar-refractivity contribution >= 4 is 17.7 Å². The van der Waals surface area contributed by atoms with Crippen LogP contribution in [0.5, 0.6) is 0 Å². The van der Waals surface area contributed by atoms with Gasteiger partial charge in [-0.1, -0.05) is 30.8 Å². The zero-order valence-corrected chi connectivity index (χ0v) is 17.2. The minimum atomic E-state index is 0.257. The SMILES string of the molecule is CC1CCN(c2nnc(SCc3ccc(C#N)cc3)n2CC2CCCO2)CC1. The average Bonchev–Trinajstić information content (AvgIpc) is 3.38. The van der Waals surface area contributed by atoms with Crippen LogP contribution in [0.15, 0.2) is 29.4 Å². The zero-order valence-electron chi connectivity index (χ0n) is 16.4. The third kappa shape index (κ3) is 4.50. The quantitative estimate of drug-likeness (QED) is 0.690. The summed E-state index contributed by atoms with van der Waals surface area (Å²) in [6, 6.07) is 9.93. The van der Waals surface area contributed by atoms with Crippen LogP contribution >= 0.6 is 11.8 Å². The number of nitriles is 1. The smallest absolute Gasteiger partial charge is 0.228 e. The number of hydrogen-bond donors (Lipinski definition) is 0. The number of benzene rings is 1. The summed E-state index contributed by atoms with van der Waals surface area (Å²) >= 11 is 1.71. The predicted molar refractivity (Wildman–Crippen MR) is 110 cm³/mol. The van der Waals surface area contributed by atoms with Crippen LogP contribution in [0, 0.1) is 17.2 Å². The van der Waals surface area contributed by atoms with Crippen molar-refractivity contribution in [1.29, 1.82) is 5.26 Å². The van der Waals surface area contributed by atoms with Gasteiger partial charge in [0.2, 0.25) is 5.95 Å². The van der Waals surface area contributed by atoms with E-state index in [4.69, 9.17) is 10.00 Å². The normalized spacial score (nSPS) is 20.4. The minimum absolute atomic E-state index is 0.257. The van der Waals surface area contributed by atoms with E-state index in [1.54, 1.807) is 11.8 Å². The first-order valence-electron chi connectivity index (χ1n) is 10.1. The molecule has 28 heavy (non-hydrogen) atoms. The molecular formula is C21H27N5OS. The zero-order chi connectivity index (χ0) is 19.3. The van der Waals surface area contributed by atoms with Gasteiger partial charge < -0.3 is 9.64 Å². The summed E-state index contributed by atoms with van der Waals surface area (Å²) in [6.45, 7) is 6.10. The predicted octanol–water partition coefficient (Wildman–Crippen LogP) is 3.86. The van der Waals surface area contributed by atoms with Crippen LogP contribution in [0.1, 0.15) is 43.7 Å². The highest BCUT2D eigenvalue weighted by atomic mass is 32.2. The molecule has 0 saturated carbocycles. The first kappa shape index (κ1) is 19.3. The number of ether oxygens (including phenoxy) is 1. The first-order chi connectivity index (χ1) is 13.7. The molecule has 2 saturated heterocycles. The molecule has 6 nitrogen and oxygen atoms in total. The van der Waals surface area contributed by atoms with Gasteiger partial charge >= 0.3 is 0 Å². The molecule has 4 rings (SSSR count). The summed E-state index contributed by atoms with van der Waals surface area (Å²) in [4.78, 5) is 2.38. The van der Waals surface area contributed by atoms with Gasteiger partial charge in [0.15, 0.2) is 5.16 Å². The number of anilines is 1. The Morgan fingerprint density at radius 3 is 2.64 bits per heavy atom. The van der Waals surface area contributed by atoms with Crippen molar-refractivity contribution in [2.75, 3.05) is 24.6 Å².